The molecule has 0 spiro atoms. The van der Waals surface area contributed by atoms with Crippen LogP contribution in [0.4, 0.5) is 0 Å². The van der Waals surface area contributed by atoms with Crippen molar-refractivity contribution in [3.8, 4) is 0 Å². The van der Waals surface area contributed by atoms with Crippen molar-refractivity contribution in [1.82, 2.24) is 0 Å². The average molecular weight is 256 g/mol. The summed E-state index contributed by atoms with van der Waals surface area (Å²) in [6.45, 7) is 0. The van der Waals surface area contributed by atoms with Gasteiger partial charge in [-0.2, -0.15) is 0 Å². The molecule has 1 aliphatic carbocycles. The summed E-state index contributed by atoms with van der Waals surface area (Å²) in [4.78, 5) is 0. The quantitative estimate of drug-likeness (QED) is 0.904. The summed E-state index contributed by atoms with van der Waals surface area (Å²) in [5.74, 6) is 0. The fourth-order valence-corrected chi connectivity index (χ4v) is 3.24. The minimum atomic E-state index is -0.537. The van der Waals surface area contributed by atoms with E-state index in [1.54, 1.807) is 7.11 Å². The van der Waals surface area contributed by atoms with Gasteiger partial charge in [-0.05, 0) is 35.2 Å². The van der Waals surface area contributed by atoms with Gasteiger partial charge in [0, 0.05) is 7.11 Å². The first-order valence-electron chi connectivity index (χ1n) is 6.97. The zero-order valence-electron chi connectivity index (χ0n) is 11.3. The second-order valence-corrected chi connectivity index (χ2v) is 5.49. The van der Waals surface area contributed by atoms with E-state index < -0.39 is 6.10 Å². The largest absolute Gasteiger partial charge is 0.385 e. The van der Waals surface area contributed by atoms with Gasteiger partial charge >= 0.3 is 0 Å². The molecule has 0 radical (unpaired) electrons. The highest BCUT2D eigenvalue weighted by atomic mass is 16.5. The van der Waals surface area contributed by atoms with Crippen LogP contribution in [0, 0.1) is 0 Å². The minimum Gasteiger partial charge on any atom is -0.385 e. The van der Waals surface area contributed by atoms with Crippen molar-refractivity contribution in [2.24, 2.45) is 0 Å². The van der Waals surface area contributed by atoms with Gasteiger partial charge in [-0.25, -0.2) is 0 Å². The summed E-state index contributed by atoms with van der Waals surface area (Å²) < 4.78 is 5.68. The Morgan fingerprint density at radius 2 is 1.74 bits per heavy atom. The Balaban J connectivity index is 1.99. The first kappa shape index (κ1) is 12.6. The second kappa shape index (κ2) is 4.95. The van der Waals surface area contributed by atoms with Gasteiger partial charge in [-0.15, -0.1) is 0 Å². The van der Waals surface area contributed by atoms with E-state index in [1.807, 2.05) is 18.2 Å². The van der Waals surface area contributed by atoms with E-state index in [9.17, 15) is 5.11 Å². The molecule has 3 rings (SSSR count). The summed E-state index contributed by atoms with van der Waals surface area (Å²) in [6, 6.07) is 14.4. The molecule has 0 heterocycles. The Morgan fingerprint density at radius 1 is 1.05 bits per heavy atom. The highest BCUT2D eigenvalue weighted by Gasteiger charge is 2.41. The summed E-state index contributed by atoms with van der Waals surface area (Å²) in [5, 5.41) is 13.1. The van der Waals surface area contributed by atoms with Gasteiger partial charge in [-0.3, -0.25) is 0 Å². The van der Waals surface area contributed by atoms with Crippen molar-refractivity contribution in [2.45, 2.75) is 37.4 Å². The van der Waals surface area contributed by atoms with Crippen LogP contribution in [0.25, 0.3) is 10.8 Å². The Labute approximate surface area is 114 Å². The van der Waals surface area contributed by atoms with Crippen molar-refractivity contribution < 1.29 is 9.84 Å². The molecule has 0 aliphatic heterocycles. The molecule has 1 atom stereocenters. The van der Waals surface area contributed by atoms with Crippen molar-refractivity contribution in [1.29, 1.82) is 0 Å². The molecule has 19 heavy (non-hydrogen) atoms. The lowest BCUT2D eigenvalue weighted by Gasteiger charge is -2.33. The Hall–Kier alpha value is -1.38. The number of aliphatic hydroxyl groups is 1. The van der Waals surface area contributed by atoms with Gasteiger partial charge in [0.15, 0.2) is 0 Å². The number of fused-ring (bicyclic) bond motifs is 1. The van der Waals surface area contributed by atoms with Crippen LogP contribution in [0.1, 0.15) is 37.4 Å². The fourth-order valence-electron chi connectivity index (χ4n) is 3.24. The van der Waals surface area contributed by atoms with Gasteiger partial charge in [0.25, 0.3) is 0 Å². The maximum atomic E-state index is 10.7. The lowest BCUT2D eigenvalue weighted by molar-refractivity contribution is -0.100. The highest BCUT2D eigenvalue weighted by molar-refractivity contribution is 5.83. The molecule has 0 amide bonds. The molecular weight excluding hydrogens is 236 g/mol. The van der Waals surface area contributed by atoms with Gasteiger partial charge in [0.1, 0.15) is 6.10 Å². The molecule has 1 saturated carbocycles. The standard InChI is InChI=1S/C17H20O2/c1-19-17(10-4-5-11-17)16(18)15-9-8-13-6-2-3-7-14(13)12-15/h2-3,6-9,12,16,18H,4-5,10-11H2,1H3. The van der Waals surface area contributed by atoms with Gasteiger partial charge < -0.3 is 9.84 Å². The molecule has 2 aromatic carbocycles. The number of aliphatic hydroxyl groups excluding tert-OH is 1. The number of methoxy groups -OCH3 is 1. The molecule has 2 aromatic rings. The van der Waals surface area contributed by atoms with Crippen LogP contribution in [-0.2, 0) is 4.74 Å². The van der Waals surface area contributed by atoms with Crippen LogP contribution >= 0.6 is 0 Å². The lowest BCUT2D eigenvalue weighted by atomic mass is 9.88. The Kier molecular flexibility index (Phi) is 3.29. The summed E-state index contributed by atoms with van der Waals surface area (Å²) in [6.07, 6.45) is 3.62. The molecule has 2 heteroatoms. The first-order valence-corrected chi connectivity index (χ1v) is 6.97. The first-order chi connectivity index (χ1) is 9.25. The topological polar surface area (TPSA) is 29.5 Å². The molecule has 2 nitrogen and oxygen atoms in total. The number of benzene rings is 2. The Morgan fingerprint density at radius 3 is 2.42 bits per heavy atom. The van der Waals surface area contributed by atoms with Crippen LogP contribution in [0.3, 0.4) is 0 Å². The van der Waals surface area contributed by atoms with E-state index in [-0.39, 0.29) is 5.60 Å². The molecule has 0 bridgehead atoms. The zero-order chi connectivity index (χ0) is 13.3. The van der Waals surface area contributed by atoms with E-state index in [1.165, 1.54) is 10.8 Å². The van der Waals surface area contributed by atoms with E-state index in [0.29, 0.717) is 0 Å². The zero-order valence-corrected chi connectivity index (χ0v) is 11.3. The maximum absolute atomic E-state index is 10.7. The molecule has 0 saturated heterocycles. The predicted molar refractivity (Wildman–Crippen MR) is 77.1 cm³/mol. The van der Waals surface area contributed by atoms with E-state index in [2.05, 4.69) is 24.3 Å². The number of rotatable bonds is 3. The van der Waals surface area contributed by atoms with Crippen LogP contribution in [0.5, 0.6) is 0 Å². The maximum Gasteiger partial charge on any atom is 0.108 e. The highest BCUT2D eigenvalue weighted by Crippen LogP contribution is 2.42. The molecule has 100 valence electrons. The molecule has 1 aliphatic rings. The summed E-state index contributed by atoms with van der Waals surface area (Å²) in [5.41, 5.74) is 0.574. The van der Waals surface area contributed by atoms with Gasteiger partial charge in [0.05, 0.1) is 5.60 Å². The van der Waals surface area contributed by atoms with Crippen LogP contribution in [0.15, 0.2) is 42.5 Å². The molecule has 1 fully saturated rings. The van der Waals surface area contributed by atoms with Crippen molar-refractivity contribution in [3.63, 3.8) is 0 Å². The van der Waals surface area contributed by atoms with E-state index >= 15 is 0 Å². The third kappa shape index (κ3) is 2.15. The third-order valence-corrected chi connectivity index (χ3v) is 4.44. The van der Waals surface area contributed by atoms with Crippen LogP contribution < -0.4 is 0 Å². The average Bonchev–Trinajstić information content (AvgIpc) is 2.96. The van der Waals surface area contributed by atoms with Crippen LogP contribution in [-0.4, -0.2) is 17.8 Å². The number of hydrogen-bond donors (Lipinski definition) is 1. The van der Waals surface area contributed by atoms with E-state index in [0.717, 1.165) is 31.2 Å². The van der Waals surface area contributed by atoms with Gasteiger partial charge in [0.2, 0.25) is 0 Å². The Bertz CT molecular complexity index is 570. The molecule has 1 N–H and O–H groups in total. The van der Waals surface area contributed by atoms with Crippen molar-refractivity contribution in [2.75, 3.05) is 7.11 Å². The number of hydrogen-bond acceptors (Lipinski definition) is 2. The summed E-state index contributed by atoms with van der Waals surface area (Å²) >= 11 is 0. The normalized spacial score (nSPS) is 19.7. The molecule has 1 unspecified atom stereocenters. The third-order valence-electron chi connectivity index (χ3n) is 4.44. The molecule has 0 aromatic heterocycles. The SMILES string of the molecule is COC1(C(O)c2ccc3ccccc3c2)CCCC1. The fraction of sp³-hybridized carbons (Fsp3) is 0.412. The lowest BCUT2D eigenvalue weighted by Crippen LogP contribution is -2.35. The van der Waals surface area contributed by atoms with Crippen LogP contribution in [0.2, 0.25) is 0 Å². The predicted octanol–water partition coefficient (Wildman–Crippen LogP) is 3.83. The molecular formula is C17H20O2. The van der Waals surface area contributed by atoms with E-state index in [4.69, 9.17) is 4.74 Å². The van der Waals surface area contributed by atoms with Crippen molar-refractivity contribution in [3.05, 3.63) is 48.0 Å². The minimum absolute atomic E-state index is 0.386. The monoisotopic (exact) mass is 256 g/mol. The number of ether oxygens (including phenoxy) is 1. The summed E-state index contributed by atoms with van der Waals surface area (Å²) in [7, 11) is 1.72. The second-order valence-electron chi connectivity index (χ2n) is 5.49. The van der Waals surface area contributed by atoms with Crippen molar-refractivity contribution >= 4 is 10.8 Å². The smallest absolute Gasteiger partial charge is 0.108 e. The van der Waals surface area contributed by atoms with Gasteiger partial charge in [-0.1, -0.05) is 49.2 Å².